The zero-order valence-corrected chi connectivity index (χ0v) is 13.6. The number of carbonyl (C=O) groups excluding carboxylic acids is 2. The van der Waals surface area contributed by atoms with Crippen LogP contribution in [0.25, 0.3) is 4.91 Å². The Hall–Kier alpha value is -2.48. The average molecular weight is 333 g/mol. The molecule has 0 aliphatic carbocycles. The van der Waals surface area contributed by atoms with E-state index in [-0.39, 0.29) is 17.4 Å². The molecule has 0 aromatic heterocycles. The number of carbonyl (C=O) groups is 2. The fraction of sp³-hybridized carbons (Fsp3) is 0.267. The first-order chi connectivity index (χ1) is 10.8. The van der Waals surface area contributed by atoms with Gasteiger partial charge in [0, 0.05) is 23.6 Å². The molecule has 120 valence electrons. The van der Waals surface area contributed by atoms with Gasteiger partial charge in [-0.1, -0.05) is 23.9 Å². The molecule has 8 heteroatoms. The number of ketones is 1. The molecule has 1 aromatic rings. The molecule has 0 fully saturated rings. The van der Waals surface area contributed by atoms with Gasteiger partial charge in [0.05, 0.1) is 16.1 Å². The molecule has 1 amide bonds. The minimum absolute atomic E-state index is 0.0926. The van der Waals surface area contributed by atoms with Crippen LogP contribution in [-0.4, -0.2) is 27.8 Å². The number of benzene rings is 1. The van der Waals surface area contributed by atoms with Gasteiger partial charge in [-0.15, -0.1) is 0 Å². The lowest BCUT2D eigenvalue weighted by molar-refractivity contribution is -0.385. The molecule has 1 aromatic carbocycles. The molecule has 7 nitrogen and oxygen atoms in total. The van der Waals surface area contributed by atoms with Crippen molar-refractivity contribution >= 4 is 39.8 Å². The standard InChI is InChI=1S/C15H15N3O4S/c1-8-13(9(2)19)14(23-15(16-8)17-10(3)20)11-6-4-5-7-12(11)18(21)22/h4-7,15H,1-3H3,(H,17,20). The number of amides is 1. The number of hydrogen-bond donors (Lipinski definition) is 1. The summed E-state index contributed by atoms with van der Waals surface area (Å²) in [6, 6.07) is 6.21. The molecule has 2 rings (SSSR count). The number of Topliss-reactive ketones (excluding diaryl/α,β-unsaturated/α-hetero) is 1. The van der Waals surface area contributed by atoms with Crippen molar-refractivity contribution in [1.29, 1.82) is 0 Å². The van der Waals surface area contributed by atoms with Crippen LogP contribution < -0.4 is 5.32 Å². The topological polar surface area (TPSA) is 102 Å². The van der Waals surface area contributed by atoms with Crippen LogP contribution in [0.5, 0.6) is 0 Å². The van der Waals surface area contributed by atoms with Crippen LogP contribution in [-0.2, 0) is 9.59 Å². The highest BCUT2D eigenvalue weighted by molar-refractivity contribution is 8.09. The van der Waals surface area contributed by atoms with Crippen LogP contribution in [0.15, 0.2) is 34.8 Å². The SMILES string of the molecule is CC(=O)NC1N=C(C)C(C(C)=O)=C(c2ccccc2[N+](=O)[O-])S1. The molecule has 1 aliphatic rings. The third-order valence-corrected chi connectivity index (χ3v) is 4.26. The molecule has 1 atom stereocenters. The number of thioether (sulfide) groups is 1. The first kappa shape index (κ1) is 16.9. The number of hydrogen-bond acceptors (Lipinski definition) is 6. The van der Waals surface area contributed by atoms with Gasteiger partial charge in [-0.25, -0.2) is 0 Å². The van der Waals surface area contributed by atoms with Crippen LogP contribution in [0.4, 0.5) is 5.69 Å². The van der Waals surface area contributed by atoms with Crippen molar-refractivity contribution in [3.05, 3.63) is 45.5 Å². The van der Waals surface area contributed by atoms with E-state index in [0.717, 1.165) is 11.8 Å². The molecule has 1 N–H and O–H groups in total. The normalized spacial score (nSPS) is 17.5. The summed E-state index contributed by atoms with van der Waals surface area (Å²) in [4.78, 5) is 38.8. The average Bonchev–Trinajstić information content (AvgIpc) is 2.45. The molecule has 0 radical (unpaired) electrons. The van der Waals surface area contributed by atoms with Gasteiger partial charge in [0.2, 0.25) is 5.91 Å². The molecule has 1 aliphatic heterocycles. The van der Waals surface area contributed by atoms with E-state index in [1.54, 1.807) is 25.1 Å². The number of nitro groups is 1. The molecule has 0 bridgehead atoms. The first-order valence-electron chi connectivity index (χ1n) is 6.78. The van der Waals surface area contributed by atoms with Crippen LogP contribution in [0, 0.1) is 10.1 Å². The Morgan fingerprint density at radius 1 is 1.30 bits per heavy atom. The maximum absolute atomic E-state index is 12.0. The largest absolute Gasteiger partial charge is 0.326 e. The van der Waals surface area contributed by atoms with E-state index in [0.29, 0.717) is 21.8 Å². The maximum atomic E-state index is 12.0. The van der Waals surface area contributed by atoms with Crippen molar-refractivity contribution in [3.8, 4) is 0 Å². The lowest BCUT2D eigenvalue weighted by Crippen LogP contribution is -2.32. The van der Waals surface area contributed by atoms with Crippen molar-refractivity contribution in [2.75, 3.05) is 0 Å². The Bertz CT molecular complexity index is 755. The van der Waals surface area contributed by atoms with Crippen molar-refractivity contribution in [1.82, 2.24) is 5.32 Å². The summed E-state index contributed by atoms with van der Waals surface area (Å²) in [6.45, 7) is 4.41. The Labute approximate surface area is 137 Å². The molecule has 0 saturated carbocycles. The molecule has 23 heavy (non-hydrogen) atoms. The van der Waals surface area contributed by atoms with E-state index in [2.05, 4.69) is 10.3 Å². The summed E-state index contributed by atoms with van der Waals surface area (Å²) in [5.41, 5.74) is 0.418. The number of nitrogens with one attached hydrogen (secondary N) is 1. The highest BCUT2D eigenvalue weighted by atomic mass is 32.2. The van der Waals surface area contributed by atoms with Crippen molar-refractivity contribution in [2.45, 2.75) is 26.3 Å². The van der Waals surface area contributed by atoms with Crippen molar-refractivity contribution < 1.29 is 14.5 Å². The van der Waals surface area contributed by atoms with E-state index >= 15 is 0 Å². The van der Waals surface area contributed by atoms with E-state index in [1.807, 2.05) is 0 Å². The molecule has 0 spiro atoms. The second-order valence-electron chi connectivity index (χ2n) is 4.92. The third-order valence-electron chi connectivity index (χ3n) is 3.15. The third kappa shape index (κ3) is 3.65. The Morgan fingerprint density at radius 2 is 1.96 bits per heavy atom. The van der Waals surface area contributed by atoms with Gasteiger partial charge in [-0.3, -0.25) is 24.7 Å². The summed E-state index contributed by atoms with van der Waals surface area (Å²) in [6.07, 6.45) is 0. The smallest absolute Gasteiger partial charge is 0.277 e. The fourth-order valence-electron chi connectivity index (χ4n) is 2.27. The highest BCUT2D eigenvalue weighted by Crippen LogP contribution is 2.41. The summed E-state index contributed by atoms with van der Waals surface area (Å²) >= 11 is 1.12. The number of aliphatic imine (C=N–C) groups is 1. The zero-order valence-electron chi connectivity index (χ0n) is 12.8. The number of allylic oxidation sites excluding steroid dienone is 1. The Kier molecular flexibility index (Phi) is 4.95. The molecule has 1 unspecified atom stereocenters. The number of rotatable bonds is 4. The van der Waals surface area contributed by atoms with Gasteiger partial charge in [-0.2, -0.15) is 0 Å². The Balaban J connectivity index is 2.61. The van der Waals surface area contributed by atoms with E-state index in [1.165, 1.54) is 19.9 Å². The molecule has 1 heterocycles. The van der Waals surface area contributed by atoms with Gasteiger partial charge in [0.15, 0.2) is 11.3 Å². The monoisotopic (exact) mass is 333 g/mol. The van der Waals surface area contributed by atoms with Gasteiger partial charge >= 0.3 is 0 Å². The van der Waals surface area contributed by atoms with Crippen LogP contribution in [0.2, 0.25) is 0 Å². The van der Waals surface area contributed by atoms with Crippen molar-refractivity contribution in [2.24, 2.45) is 4.99 Å². The van der Waals surface area contributed by atoms with Crippen LogP contribution in [0.1, 0.15) is 26.3 Å². The second-order valence-corrected chi connectivity index (χ2v) is 6.01. The van der Waals surface area contributed by atoms with Gasteiger partial charge in [0.25, 0.3) is 5.69 Å². The quantitative estimate of drug-likeness (QED) is 0.674. The van der Waals surface area contributed by atoms with Gasteiger partial charge in [0.1, 0.15) is 0 Å². The minimum atomic E-state index is -0.620. The number of para-hydroxylation sites is 1. The summed E-state index contributed by atoms with van der Waals surface area (Å²) in [5, 5.41) is 13.9. The maximum Gasteiger partial charge on any atom is 0.277 e. The second kappa shape index (κ2) is 6.74. The highest BCUT2D eigenvalue weighted by Gasteiger charge is 2.29. The summed E-state index contributed by atoms with van der Waals surface area (Å²) in [7, 11) is 0. The van der Waals surface area contributed by atoms with Crippen LogP contribution in [0.3, 0.4) is 0 Å². The Morgan fingerprint density at radius 3 is 2.52 bits per heavy atom. The fourth-order valence-corrected chi connectivity index (χ4v) is 3.64. The zero-order chi connectivity index (χ0) is 17.1. The minimum Gasteiger partial charge on any atom is -0.326 e. The lowest BCUT2D eigenvalue weighted by Gasteiger charge is -2.23. The summed E-state index contributed by atoms with van der Waals surface area (Å²) < 4.78 is 0. The first-order valence-corrected chi connectivity index (χ1v) is 7.66. The molecular formula is C15H15N3O4S. The van der Waals surface area contributed by atoms with Gasteiger partial charge < -0.3 is 5.32 Å². The van der Waals surface area contributed by atoms with E-state index in [4.69, 9.17) is 0 Å². The predicted octanol–water partition coefficient (Wildman–Crippen LogP) is 2.52. The van der Waals surface area contributed by atoms with Crippen LogP contribution >= 0.6 is 11.8 Å². The summed E-state index contributed by atoms with van der Waals surface area (Å²) in [5.74, 6) is -0.500. The number of nitro benzene ring substituents is 1. The van der Waals surface area contributed by atoms with E-state index < -0.39 is 10.4 Å². The van der Waals surface area contributed by atoms with Gasteiger partial charge in [-0.05, 0) is 19.9 Å². The van der Waals surface area contributed by atoms with E-state index in [9.17, 15) is 19.7 Å². The number of nitrogens with zero attached hydrogens (tertiary/aromatic N) is 2. The predicted molar refractivity (Wildman–Crippen MR) is 89.0 cm³/mol. The molecular weight excluding hydrogens is 318 g/mol. The lowest BCUT2D eigenvalue weighted by atomic mass is 10.0. The molecule has 0 saturated heterocycles. The van der Waals surface area contributed by atoms with Crippen molar-refractivity contribution in [3.63, 3.8) is 0 Å².